The molecule has 0 aliphatic heterocycles. The van der Waals surface area contributed by atoms with Gasteiger partial charge in [-0.1, -0.05) is 378 Å². The summed E-state index contributed by atoms with van der Waals surface area (Å²) in [4.78, 5) is 24.6. The van der Waals surface area contributed by atoms with Crippen molar-refractivity contribution < 1.29 is 24.5 Å². The van der Waals surface area contributed by atoms with E-state index < -0.39 is 12.1 Å². The minimum atomic E-state index is -0.843. The number of esters is 1. The lowest BCUT2D eigenvalue weighted by Crippen LogP contribution is -2.45. The van der Waals surface area contributed by atoms with Gasteiger partial charge in [0.15, 0.2) is 0 Å². The van der Waals surface area contributed by atoms with Gasteiger partial charge >= 0.3 is 5.97 Å². The number of carbonyl (C=O) groups is 2. The van der Waals surface area contributed by atoms with E-state index in [2.05, 4.69) is 31.3 Å². The minimum Gasteiger partial charge on any atom is -0.466 e. The number of unbranched alkanes of at least 4 members (excludes halogenated alkanes) is 58. The third-order valence-electron chi connectivity index (χ3n) is 17.7. The zero-order chi connectivity index (χ0) is 59.2. The molecule has 0 aromatic rings. The average Bonchev–Trinajstić information content (AvgIpc) is 3.48. The molecule has 0 aliphatic carbocycles. The first kappa shape index (κ1) is 80.3. The van der Waals surface area contributed by atoms with E-state index in [-0.39, 0.29) is 18.5 Å². The van der Waals surface area contributed by atoms with Gasteiger partial charge in [0.2, 0.25) is 5.91 Å². The van der Waals surface area contributed by atoms with Crippen LogP contribution in [-0.2, 0) is 14.3 Å². The lowest BCUT2D eigenvalue weighted by Gasteiger charge is -2.20. The third-order valence-corrected chi connectivity index (χ3v) is 17.7. The molecule has 0 heterocycles. The summed E-state index contributed by atoms with van der Waals surface area (Å²) < 4.78 is 5.52. The van der Waals surface area contributed by atoms with Gasteiger partial charge in [0.05, 0.1) is 25.4 Å². The van der Waals surface area contributed by atoms with Crippen molar-refractivity contribution >= 4 is 11.9 Å². The molecule has 0 aromatic heterocycles. The highest BCUT2D eigenvalue weighted by molar-refractivity contribution is 5.76. The second-order valence-electron chi connectivity index (χ2n) is 26.0. The maximum absolute atomic E-state index is 12.5. The summed E-state index contributed by atoms with van der Waals surface area (Å²) in [5, 5.41) is 23.2. The lowest BCUT2D eigenvalue weighted by molar-refractivity contribution is -0.143. The molecule has 0 fully saturated rings. The first-order valence-electron chi connectivity index (χ1n) is 37.6. The first-order chi connectivity index (χ1) is 40.5. The third kappa shape index (κ3) is 67.5. The molecular weight excluding hydrogens is 1010 g/mol. The molecule has 2 atom stereocenters. The molecule has 0 spiro atoms. The molecule has 0 bridgehead atoms. The van der Waals surface area contributed by atoms with Gasteiger partial charge in [-0.3, -0.25) is 9.59 Å². The molecule has 0 saturated heterocycles. The van der Waals surface area contributed by atoms with Crippen LogP contribution in [0, 0.1) is 0 Å². The Labute approximate surface area is 513 Å². The van der Waals surface area contributed by atoms with Gasteiger partial charge < -0.3 is 20.3 Å². The number of rotatable bonds is 71. The van der Waals surface area contributed by atoms with E-state index in [1.165, 1.54) is 360 Å². The van der Waals surface area contributed by atoms with Crippen molar-refractivity contribution in [3.05, 3.63) is 24.3 Å². The Kier molecular flexibility index (Phi) is 70.4. The van der Waals surface area contributed by atoms with E-state index in [9.17, 15) is 19.8 Å². The van der Waals surface area contributed by atoms with Gasteiger partial charge in [-0.25, -0.2) is 0 Å². The van der Waals surface area contributed by atoms with Crippen molar-refractivity contribution in [2.24, 2.45) is 0 Å². The molecule has 6 heteroatoms. The molecule has 0 aromatic carbocycles. The normalized spacial score (nSPS) is 12.6. The van der Waals surface area contributed by atoms with Crippen LogP contribution in [0.1, 0.15) is 425 Å². The highest BCUT2D eigenvalue weighted by Crippen LogP contribution is 2.19. The molecule has 0 radical (unpaired) electrons. The van der Waals surface area contributed by atoms with Crippen molar-refractivity contribution in [2.75, 3.05) is 13.2 Å². The SMILES string of the molecule is CCCCCCCCCCCCCCCC/C=C/C(O)C(CO)NC(=O)CCCCCCCCCCCCCCCC/C=C\CCCCCCCCCCCCCCOC(=O)CCCCCCCCCCCCCCCCCCCCC. The van der Waals surface area contributed by atoms with Gasteiger partial charge in [-0.15, -0.1) is 0 Å². The van der Waals surface area contributed by atoms with E-state index in [1.54, 1.807) is 6.08 Å². The second-order valence-corrected chi connectivity index (χ2v) is 26.0. The Bertz CT molecular complexity index is 1280. The van der Waals surface area contributed by atoms with Gasteiger partial charge in [0.1, 0.15) is 0 Å². The molecule has 0 rings (SSSR count). The van der Waals surface area contributed by atoms with Crippen molar-refractivity contribution in [1.29, 1.82) is 0 Å². The van der Waals surface area contributed by atoms with E-state index >= 15 is 0 Å². The summed E-state index contributed by atoms with van der Waals surface area (Å²) in [7, 11) is 0. The Morgan fingerprint density at radius 2 is 0.573 bits per heavy atom. The zero-order valence-electron chi connectivity index (χ0n) is 55.8. The average molecular weight is 1160 g/mol. The van der Waals surface area contributed by atoms with Crippen LogP contribution in [0.25, 0.3) is 0 Å². The lowest BCUT2D eigenvalue weighted by atomic mass is 10.0. The number of amides is 1. The number of carbonyl (C=O) groups excluding carboxylic acids is 2. The molecule has 3 N–H and O–H groups in total. The summed E-state index contributed by atoms with van der Waals surface area (Å²) in [6.07, 6.45) is 91.4. The largest absolute Gasteiger partial charge is 0.466 e. The summed E-state index contributed by atoms with van der Waals surface area (Å²) in [6, 6.07) is -0.627. The number of aliphatic hydroxyl groups excluding tert-OH is 2. The van der Waals surface area contributed by atoms with Crippen LogP contribution in [0.5, 0.6) is 0 Å². The zero-order valence-corrected chi connectivity index (χ0v) is 55.8. The van der Waals surface area contributed by atoms with Crippen molar-refractivity contribution in [3.63, 3.8) is 0 Å². The minimum absolute atomic E-state index is 0.0225. The van der Waals surface area contributed by atoms with Crippen molar-refractivity contribution in [1.82, 2.24) is 5.32 Å². The molecule has 0 saturated carbocycles. The quantitative estimate of drug-likeness (QED) is 0.0320. The number of ether oxygens (including phenoxy) is 1. The fourth-order valence-electron chi connectivity index (χ4n) is 12.0. The monoisotopic (exact) mass is 1150 g/mol. The van der Waals surface area contributed by atoms with Crippen molar-refractivity contribution in [2.45, 2.75) is 437 Å². The topological polar surface area (TPSA) is 95.9 Å². The van der Waals surface area contributed by atoms with E-state index in [0.29, 0.717) is 19.4 Å². The Hall–Kier alpha value is -1.66. The fourth-order valence-corrected chi connectivity index (χ4v) is 12.0. The van der Waals surface area contributed by atoms with E-state index in [0.717, 1.165) is 38.5 Å². The van der Waals surface area contributed by atoms with Gasteiger partial charge in [-0.2, -0.15) is 0 Å². The van der Waals surface area contributed by atoms with Crippen LogP contribution < -0.4 is 5.32 Å². The highest BCUT2D eigenvalue weighted by atomic mass is 16.5. The second kappa shape index (κ2) is 71.8. The predicted molar refractivity (Wildman–Crippen MR) is 361 cm³/mol. The van der Waals surface area contributed by atoms with Crippen LogP contribution in [-0.4, -0.2) is 47.4 Å². The molecule has 1 amide bonds. The van der Waals surface area contributed by atoms with Crippen LogP contribution in [0.3, 0.4) is 0 Å². The highest BCUT2D eigenvalue weighted by Gasteiger charge is 2.18. The Morgan fingerprint density at radius 3 is 0.866 bits per heavy atom. The molecule has 2 unspecified atom stereocenters. The predicted octanol–water partition coefficient (Wildman–Crippen LogP) is 24.5. The van der Waals surface area contributed by atoms with Gasteiger partial charge in [0.25, 0.3) is 0 Å². The summed E-state index contributed by atoms with van der Waals surface area (Å²) in [5.74, 6) is -0.0409. The van der Waals surface area contributed by atoms with Gasteiger partial charge in [-0.05, 0) is 57.8 Å². The number of nitrogens with one attached hydrogen (secondary N) is 1. The summed E-state index contributed by atoms with van der Waals surface area (Å²) >= 11 is 0. The molecule has 82 heavy (non-hydrogen) atoms. The first-order valence-corrected chi connectivity index (χ1v) is 37.6. The van der Waals surface area contributed by atoms with E-state index in [4.69, 9.17) is 4.74 Å². The van der Waals surface area contributed by atoms with Crippen LogP contribution >= 0.6 is 0 Å². The van der Waals surface area contributed by atoms with Crippen molar-refractivity contribution in [3.8, 4) is 0 Å². The maximum Gasteiger partial charge on any atom is 0.305 e. The smallest absolute Gasteiger partial charge is 0.305 e. The Balaban J connectivity index is 3.35. The molecule has 486 valence electrons. The molecular formula is C76H147NO5. The fraction of sp³-hybridized carbons (Fsp3) is 0.921. The van der Waals surface area contributed by atoms with E-state index in [1.807, 2.05) is 6.08 Å². The molecule has 6 nitrogen and oxygen atoms in total. The number of allylic oxidation sites excluding steroid dienone is 3. The maximum atomic E-state index is 12.5. The number of aliphatic hydroxyl groups is 2. The van der Waals surface area contributed by atoms with Crippen LogP contribution in [0.2, 0.25) is 0 Å². The van der Waals surface area contributed by atoms with Crippen LogP contribution in [0.4, 0.5) is 0 Å². The summed E-state index contributed by atoms with van der Waals surface area (Å²) in [6.45, 7) is 4.95. The number of hydrogen-bond donors (Lipinski definition) is 3. The Morgan fingerprint density at radius 1 is 0.329 bits per heavy atom. The molecule has 0 aliphatic rings. The van der Waals surface area contributed by atoms with Crippen LogP contribution in [0.15, 0.2) is 24.3 Å². The number of hydrogen-bond acceptors (Lipinski definition) is 5. The summed E-state index contributed by atoms with van der Waals surface area (Å²) in [5.41, 5.74) is 0. The standard InChI is InChI=1S/C76H147NO5/c1-3-5-7-9-11-13-15-17-19-21-34-38-42-46-50-54-58-62-66-70-76(81)82-71-67-63-59-55-51-47-43-39-36-33-31-29-27-25-23-22-24-26-28-30-32-35-37-41-45-49-53-57-61-65-69-75(80)77-73(72-78)74(79)68-64-60-56-52-48-44-40-20-18-16-14-12-10-8-6-4-2/h23,25,64,68,73-74,78-79H,3-22,24,26-63,65-67,69-72H2,1-2H3,(H,77,80)/b25-23-,68-64+. The van der Waals surface area contributed by atoms with Gasteiger partial charge in [0, 0.05) is 12.8 Å².